The zero-order chi connectivity index (χ0) is 14.3. The van der Waals surface area contributed by atoms with Crippen molar-refractivity contribution in [3.05, 3.63) is 17.8 Å². The predicted molar refractivity (Wildman–Crippen MR) is 73.7 cm³/mol. The van der Waals surface area contributed by atoms with Crippen LogP contribution in [0.1, 0.15) is 30.8 Å². The highest BCUT2D eigenvalue weighted by atomic mass is 16.5. The molecule has 6 nitrogen and oxygen atoms in total. The molecule has 0 aromatic carbocycles. The second-order valence-corrected chi connectivity index (χ2v) is 5.76. The SMILES string of the molecule is COc1ccc(C(=O)N2C3CC2CN(C(C)C)C3)nn1. The molecule has 0 aliphatic carbocycles. The molecular weight excluding hydrogens is 256 g/mol. The summed E-state index contributed by atoms with van der Waals surface area (Å²) >= 11 is 0. The van der Waals surface area contributed by atoms with Gasteiger partial charge in [0.1, 0.15) is 0 Å². The first-order valence-corrected chi connectivity index (χ1v) is 7.04. The van der Waals surface area contributed by atoms with Crippen LogP contribution in [0, 0.1) is 0 Å². The lowest BCUT2D eigenvalue weighted by molar-refractivity contribution is -0.0566. The van der Waals surface area contributed by atoms with E-state index in [2.05, 4.69) is 28.9 Å². The number of rotatable bonds is 3. The molecule has 0 N–H and O–H groups in total. The zero-order valence-corrected chi connectivity index (χ0v) is 12.1. The second-order valence-electron chi connectivity index (χ2n) is 5.76. The highest BCUT2D eigenvalue weighted by Gasteiger charge is 2.48. The fraction of sp³-hybridized carbons (Fsp3) is 0.643. The van der Waals surface area contributed by atoms with Gasteiger partial charge in [0.2, 0.25) is 5.88 Å². The molecule has 3 rings (SSSR count). The average molecular weight is 276 g/mol. The third kappa shape index (κ3) is 2.14. The van der Waals surface area contributed by atoms with Crippen molar-refractivity contribution in [3.8, 4) is 5.88 Å². The molecule has 3 heterocycles. The molecule has 2 bridgehead atoms. The Balaban J connectivity index is 1.70. The van der Waals surface area contributed by atoms with Crippen molar-refractivity contribution in [2.45, 2.75) is 38.4 Å². The Morgan fingerprint density at radius 1 is 1.30 bits per heavy atom. The summed E-state index contributed by atoms with van der Waals surface area (Å²) in [6, 6.07) is 4.55. The molecule has 2 saturated heterocycles. The monoisotopic (exact) mass is 276 g/mol. The standard InChI is InChI=1S/C14H20N4O2/c1-9(2)17-7-10-6-11(8-17)18(10)14(19)12-4-5-13(20-3)16-15-12/h4-5,9-11H,6-8H2,1-3H3. The van der Waals surface area contributed by atoms with Crippen LogP contribution in [0.15, 0.2) is 12.1 Å². The predicted octanol–water partition coefficient (Wildman–Crippen LogP) is 0.792. The van der Waals surface area contributed by atoms with E-state index in [9.17, 15) is 4.79 Å². The summed E-state index contributed by atoms with van der Waals surface area (Å²) in [4.78, 5) is 16.9. The number of carbonyl (C=O) groups excluding carboxylic acids is 1. The number of hydrogen-bond acceptors (Lipinski definition) is 5. The van der Waals surface area contributed by atoms with Gasteiger partial charge < -0.3 is 9.64 Å². The quantitative estimate of drug-likeness (QED) is 0.817. The first kappa shape index (κ1) is 13.3. The normalized spacial score (nSPS) is 25.5. The Bertz CT molecular complexity index is 490. The minimum absolute atomic E-state index is 0.00944. The summed E-state index contributed by atoms with van der Waals surface area (Å²) < 4.78 is 4.96. The Morgan fingerprint density at radius 3 is 2.50 bits per heavy atom. The Kier molecular flexibility index (Phi) is 3.33. The van der Waals surface area contributed by atoms with Crippen LogP contribution in [0.4, 0.5) is 0 Å². The van der Waals surface area contributed by atoms with Crippen LogP contribution >= 0.6 is 0 Å². The molecule has 1 aromatic heterocycles. The summed E-state index contributed by atoms with van der Waals surface area (Å²) in [5.41, 5.74) is 0.401. The van der Waals surface area contributed by atoms with Gasteiger partial charge >= 0.3 is 0 Å². The number of piperidine rings is 1. The minimum atomic E-state index is -0.00944. The van der Waals surface area contributed by atoms with Gasteiger partial charge in [-0.2, -0.15) is 0 Å². The van der Waals surface area contributed by atoms with E-state index in [-0.39, 0.29) is 5.91 Å². The lowest BCUT2D eigenvalue weighted by atomic mass is 9.86. The number of aromatic nitrogens is 2. The lowest BCUT2D eigenvalue weighted by Crippen LogP contribution is -2.70. The van der Waals surface area contributed by atoms with Crippen LogP contribution in [-0.4, -0.2) is 64.2 Å². The number of hydrogen-bond donors (Lipinski definition) is 0. The fourth-order valence-electron chi connectivity index (χ4n) is 3.07. The van der Waals surface area contributed by atoms with Crippen molar-refractivity contribution in [3.63, 3.8) is 0 Å². The van der Waals surface area contributed by atoms with Gasteiger partial charge in [0.05, 0.1) is 7.11 Å². The summed E-state index contributed by atoms with van der Waals surface area (Å²) in [5, 5.41) is 7.82. The van der Waals surface area contributed by atoms with E-state index in [4.69, 9.17) is 4.74 Å². The summed E-state index contributed by atoms with van der Waals surface area (Å²) in [5.74, 6) is 0.418. The molecular formula is C14H20N4O2. The Morgan fingerprint density at radius 2 is 2.00 bits per heavy atom. The van der Waals surface area contributed by atoms with Gasteiger partial charge in [-0.05, 0) is 26.3 Å². The number of fused-ring (bicyclic) bond motifs is 2. The largest absolute Gasteiger partial charge is 0.480 e. The van der Waals surface area contributed by atoms with Crippen molar-refractivity contribution in [1.82, 2.24) is 20.0 Å². The summed E-state index contributed by atoms with van der Waals surface area (Å²) in [6.45, 7) is 6.32. The van der Waals surface area contributed by atoms with Crippen molar-refractivity contribution >= 4 is 5.91 Å². The molecule has 0 saturated carbocycles. The van der Waals surface area contributed by atoms with Crippen LogP contribution in [0.5, 0.6) is 5.88 Å². The van der Waals surface area contributed by atoms with Crippen LogP contribution in [0.25, 0.3) is 0 Å². The van der Waals surface area contributed by atoms with Gasteiger partial charge in [-0.1, -0.05) is 0 Å². The maximum atomic E-state index is 12.5. The molecule has 6 heteroatoms. The van der Waals surface area contributed by atoms with E-state index in [1.807, 2.05) is 4.90 Å². The van der Waals surface area contributed by atoms with E-state index in [0.29, 0.717) is 29.7 Å². The highest BCUT2D eigenvalue weighted by molar-refractivity contribution is 5.93. The van der Waals surface area contributed by atoms with Crippen molar-refractivity contribution in [1.29, 1.82) is 0 Å². The van der Waals surface area contributed by atoms with Gasteiger partial charge in [-0.3, -0.25) is 9.69 Å². The number of nitrogens with zero attached hydrogens (tertiary/aromatic N) is 4. The summed E-state index contributed by atoms with van der Waals surface area (Å²) in [6.07, 6.45) is 1.11. The van der Waals surface area contributed by atoms with E-state index >= 15 is 0 Å². The first-order valence-electron chi connectivity index (χ1n) is 7.04. The number of ether oxygens (including phenoxy) is 1. The maximum absolute atomic E-state index is 12.5. The summed E-state index contributed by atoms with van der Waals surface area (Å²) in [7, 11) is 1.53. The van der Waals surface area contributed by atoms with Gasteiger partial charge in [-0.15, -0.1) is 10.2 Å². The molecule has 2 aliphatic heterocycles. The molecule has 20 heavy (non-hydrogen) atoms. The van der Waals surface area contributed by atoms with E-state index in [0.717, 1.165) is 19.5 Å². The first-order chi connectivity index (χ1) is 9.60. The molecule has 108 valence electrons. The molecule has 2 aliphatic rings. The Hall–Kier alpha value is -1.69. The highest BCUT2D eigenvalue weighted by Crippen LogP contribution is 2.34. The van der Waals surface area contributed by atoms with Crippen LogP contribution in [0.2, 0.25) is 0 Å². The molecule has 2 fully saturated rings. The third-order valence-electron chi connectivity index (χ3n) is 4.25. The molecule has 2 atom stereocenters. The number of likely N-dealkylation sites (tertiary alicyclic amines) is 2. The minimum Gasteiger partial charge on any atom is -0.480 e. The lowest BCUT2D eigenvalue weighted by Gasteiger charge is -2.57. The van der Waals surface area contributed by atoms with Crippen molar-refractivity contribution < 1.29 is 9.53 Å². The number of amides is 1. The molecule has 0 spiro atoms. The van der Waals surface area contributed by atoms with Crippen molar-refractivity contribution in [2.24, 2.45) is 0 Å². The molecule has 1 aromatic rings. The van der Waals surface area contributed by atoms with Gasteiger partial charge in [0.25, 0.3) is 5.91 Å². The molecule has 0 radical (unpaired) electrons. The number of carbonyl (C=O) groups is 1. The van der Waals surface area contributed by atoms with Crippen molar-refractivity contribution in [2.75, 3.05) is 20.2 Å². The molecule has 2 unspecified atom stereocenters. The topological polar surface area (TPSA) is 58.6 Å². The Labute approximate surface area is 118 Å². The average Bonchev–Trinajstić information content (AvgIpc) is 2.47. The van der Waals surface area contributed by atoms with Crippen LogP contribution in [-0.2, 0) is 0 Å². The van der Waals surface area contributed by atoms with Gasteiger partial charge in [-0.25, -0.2) is 0 Å². The zero-order valence-electron chi connectivity index (χ0n) is 12.1. The van der Waals surface area contributed by atoms with E-state index < -0.39 is 0 Å². The molecule has 1 amide bonds. The maximum Gasteiger partial charge on any atom is 0.274 e. The number of methoxy groups -OCH3 is 1. The second kappa shape index (κ2) is 5.01. The smallest absolute Gasteiger partial charge is 0.274 e. The fourth-order valence-corrected chi connectivity index (χ4v) is 3.07. The van der Waals surface area contributed by atoms with Crippen LogP contribution in [0.3, 0.4) is 0 Å². The van der Waals surface area contributed by atoms with Gasteiger partial charge in [0.15, 0.2) is 5.69 Å². The van der Waals surface area contributed by atoms with Crippen LogP contribution < -0.4 is 4.74 Å². The van der Waals surface area contributed by atoms with E-state index in [1.54, 1.807) is 12.1 Å². The third-order valence-corrected chi connectivity index (χ3v) is 4.25. The number of piperazine rings is 1. The van der Waals surface area contributed by atoms with E-state index in [1.165, 1.54) is 7.11 Å². The van der Waals surface area contributed by atoms with Gasteiger partial charge in [0, 0.05) is 37.3 Å².